The van der Waals surface area contributed by atoms with Crippen molar-refractivity contribution in [1.82, 2.24) is 0 Å². The summed E-state index contributed by atoms with van der Waals surface area (Å²) in [5.41, 5.74) is -1.36. The van der Waals surface area contributed by atoms with Gasteiger partial charge >= 0.3 is 6.18 Å². The zero-order valence-corrected chi connectivity index (χ0v) is 8.53. The van der Waals surface area contributed by atoms with Crippen LogP contribution in [0.25, 0.3) is 0 Å². The van der Waals surface area contributed by atoms with E-state index in [1.54, 1.807) is 0 Å². The molecule has 3 aliphatic carbocycles. The van der Waals surface area contributed by atoms with E-state index in [0.29, 0.717) is 5.41 Å². The summed E-state index contributed by atoms with van der Waals surface area (Å²) >= 11 is 0. The lowest BCUT2D eigenvalue weighted by atomic mass is 9.41. The molecule has 0 aromatic heterocycles. The summed E-state index contributed by atoms with van der Waals surface area (Å²) in [6.45, 7) is -0.731. The van der Waals surface area contributed by atoms with E-state index < -0.39 is 18.2 Å². The van der Waals surface area contributed by atoms with Crippen LogP contribution in [0.2, 0.25) is 0 Å². The maximum atomic E-state index is 12.7. The molecule has 1 N–H and O–H groups in total. The Morgan fingerprint density at radius 2 is 1.47 bits per heavy atom. The molecule has 3 aliphatic rings. The van der Waals surface area contributed by atoms with Crippen molar-refractivity contribution < 1.29 is 18.3 Å². The van der Waals surface area contributed by atoms with Gasteiger partial charge in [-0.2, -0.15) is 13.2 Å². The molecule has 0 aromatic rings. The van der Waals surface area contributed by atoms with Crippen molar-refractivity contribution >= 4 is 0 Å². The van der Waals surface area contributed by atoms with Crippen molar-refractivity contribution in [2.45, 2.75) is 44.7 Å². The Hall–Kier alpha value is -0.250. The van der Waals surface area contributed by atoms with Crippen LogP contribution in [-0.2, 0) is 0 Å². The zero-order valence-electron chi connectivity index (χ0n) is 8.53. The summed E-state index contributed by atoms with van der Waals surface area (Å²) in [6, 6.07) is 0. The highest BCUT2D eigenvalue weighted by Crippen LogP contribution is 2.79. The molecule has 86 valence electrons. The first-order chi connectivity index (χ1) is 6.85. The van der Waals surface area contributed by atoms with Gasteiger partial charge in [0.1, 0.15) is 0 Å². The molecule has 1 nitrogen and oxygen atoms in total. The second kappa shape index (κ2) is 2.36. The van der Waals surface area contributed by atoms with Crippen molar-refractivity contribution in [1.29, 1.82) is 0 Å². The van der Waals surface area contributed by atoms with Crippen LogP contribution < -0.4 is 0 Å². The molecule has 0 radical (unpaired) electrons. The van der Waals surface area contributed by atoms with E-state index in [0.717, 1.165) is 12.8 Å². The van der Waals surface area contributed by atoms with Gasteiger partial charge in [0.25, 0.3) is 0 Å². The third kappa shape index (κ3) is 1.14. The molecule has 4 heteroatoms. The molecule has 0 atom stereocenters. The molecule has 0 aliphatic heterocycles. The van der Waals surface area contributed by atoms with Gasteiger partial charge in [-0.25, -0.2) is 0 Å². The Kier molecular flexibility index (Phi) is 1.57. The number of halogens is 3. The van der Waals surface area contributed by atoms with Gasteiger partial charge < -0.3 is 5.11 Å². The first kappa shape index (κ1) is 9.94. The summed E-state index contributed by atoms with van der Waals surface area (Å²) < 4.78 is 38.1. The quantitative estimate of drug-likeness (QED) is 0.720. The number of aliphatic hydroxyl groups excluding tert-OH is 1. The van der Waals surface area contributed by atoms with Crippen molar-refractivity contribution in [3.8, 4) is 0 Å². The van der Waals surface area contributed by atoms with E-state index in [1.807, 2.05) is 0 Å². The monoisotopic (exact) mass is 220 g/mol. The Labute approximate surface area is 86.7 Å². The van der Waals surface area contributed by atoms with Crippen molar-refractivity contribution in [3.63, 3.8) is 0 Å². The molecule has 0 heterocycles. The standard InChI is InChI=1S/C11H15F3O/c12-11(13,14)10(7-15)5-9(6-10)3-8(4-9)1-2-8/h15H,1-7H2. The maximum absolute atomic E-state index is 12.7. The predicted octanol–water partition coefficient (Wildman–Crippen LogP) is 2.88. The smallest absolute Gasteiger partial charge is 0.395 e. The van der Waals surface area contributed by atoms with Crippen LogP contribution in [0.15, 0.2) is 0 Å². The first-order valence-corrected chi connectivity index (χ1v) is 5.52. The van der Waals surface area contributed by atoms with Crippen molar-refractivity contribution in [2.24, 2.45) is 16.2 Å². The fourth-order valence-corrected chi connectivity index (χ4v) is 4.11. The molecule has 3 rings (SSSR count). The summed E-state index contributed by atoms with van der Waals surface area (Å²) in [4.78, 5) is 0. The van der Waals surface area contributed by atoms with Crippen LogP contribution in [0.1, 0.15) is 38.5 Å². The molecule has 0 aromatic carbocycles. The SMILES string of the molecule is OCC1(C(F)(F)F)CC2(CC3(CC3)C2)C1. The summed E-state index contributed by atoms with van der Waals surface area (Å²) in [5.74, 6) is 0. The minimum atomic E-state index is -4.22. The molecule has 15 heavy (non-hydrogen) atoms. The third-order valence-electron chi connectivity index (χ3n) is 4.79. The molecule has 0 unspecified atom stereocenters. The van der Waals surface area contributed by atoms with Gasteiger partial charge in [-0.3, -0.25) is 0 Å². The molecule has 0 saturated heterocycles. The van der Waals surface area contributed by atoms with E-state index in [1.165, 1.54) is 12.8 Å². The molecular weight excluding hydrogens is 205 g/mol. The van der Waals surface area contributed by atoms with E-state index in [2.05, 4.69) is 0 Å². The van der Waals surface area contributed by atoms with Gasteiger partial charge in [-0.05, 0) is 49.4 Å². The fraction of sp³-hybridized carbons (Fsp3) is 1.00. The van der Waals surface area contributed by atoms with Gasteiger partial charge in [0.15, 0.2) is 0 Å². The number of alkyl halides is 3. The van der Waals surface area contributed by atoms with E-state index in [4.69, 9.17) is 5.11 Å². The number of hydrogen-bond donors (Lipinski definition) is 1. The van der Waals surface area contributed by atoms with Crippen LogP contribution in [0.5, 0.6) is 0 Å². The normalized spacial score (nSPS) is 33.6. The Balaban J connectivity index is 1.68. The highest BCUT2D eigenvalue weighted by atomic mass is 19.4. The average molecular weight is 220 g/mol. The van der Waals surface area contributed by atoms with Gasteiger partial charge in [-0.1, -0.05) is 0 Å². The highest BCUT2D eigenvalue weighted by molar-refractivity contribution is 5.19. The largest absolute Gasteiger partial charge is 0.396 e. The first-order valence-electron chi connectivity index (χ1n) is 5.52. The third-order valence-corrected chi connectivity index (χ3v) is 4.79. The molecule has 0 bridgehead atoms. The van der Waals surface area contributed by atoms with Gasteiger partial charge in [-0.15, -0.1) is 0 Å². The highest BCUT2D eigenvalue weighted by Gasteiger charge is 2.74. The molecule has 3 fully saturated rings. The predicted molar refractivity (Wildman–Crippen MR) is 48.1 cm³/mol. The van der Waals surface area contributed by atoms with E-state index in [9.17, 15) is 13.2 Å². The minimum Gasteiger partial charge on any atom is -0.395 e. The van der Waals surface area contributed by atoms with Crippen LogP contribution in [0.3, 0.4) is 0 Å². The second-order valence-electron chi connectivity index (χ2n) is 6.14. The fourth-order valence-electron chi connectivity index (χ4n) is 4.11. The average Bonchev–Trinajstić information content (AvgIpc) is 2.72. The Morgan fingerprint density at radius 3 is 1.80 bits per heavy atom. The van der Waals surface area contributed by atoms with Crippen molar-refractivity contribution in [3.05, 3.63) is 0 Å². The summed E-state index contributed by atoms with van der Waals surface area (Å²) in [7, 11) is 0. The van der Waals surface area contributed by atoms with Gasteiger partial charge in [0.05, 0.1) is 12.0 Å². The number of rotatable bonds is 1. The van der Waals surface area contributed by atoms with Gasteiger partial charge in [0.2, 0.25) is 0 Å². The minimum absolute atomic E-state index is 0.0469. The number of hydrogen-bond acceptors (Lipinski definition) is 1. The maximum Gasteiger partial charge on any atom is 0.396 e. The summed E-state index contributed by atoms with van der Waals surface area (Å²) in [6.07, 6.45) is 0.512. The topological polar surface area (TPSA) is 20.2 Å². The van der Waals surface area contributed by atoms with Crippen LogP contribution in [-0.4, -0.2) is 17.9 Å². The van der Waals surface area contributed by atoms with Crippen LogP contribution >= 0.6 is 0 Å². The van der Waals surface area contributed by atoms with Crippen LogP contribution in [0.4, 0.5) is 13.2 Å². The molecule has 0 amide bonds. The molecule has 3 saturated carbocycles. The second-order valence-corrected chi connectivity index (χ2v) is 6.14. The van der Waals surface area contributed by atoms with E-state index >= 15 is 0 Å². The Morgan fingerprint density at radius 1 is 0.933 bits per heavy atom. The summed E-state index contributed by atoms with van der Waals surface area (Å²) in [5, 5.41) is 8.95. The lowest BCUT2D eigenvalue weighted by molar-refractivity contribution is -0.312. The van der Waals surface area contributed by atoms with E-state index in [-0.39, 0.29) is 18.3 Å². The molecular formula is C11H15F3O. The zero-order chi connectivity index (χ0) is 10.9. The lowest BCUT2D eigenvalue weighted by Gasteiger charge is -2.64. The number of aliphatic hydroxyl groups is 1. The van der Waals surface area contributed by atoms with Gasteiger partial charge in [0, 0.05) is 0 Å². The lowest BCUT2D eigenvalue weighted by Crippen LogP contribution is -2.61. The van der Waals surface area contributed by atoms with Crippen LogP contribution in [0, 0.1) is 16.2 Å². The molecule has 2 spiro atoms. The Bertz CT molecular complexity index is 287. The van der Waals surface area contributed by atoms with Crippen molar-refractivity contribution in [2.75, 3.05) is 6.61 Å².